The highest BCUT2D eigenvalue weighted by Gasteiger charge is 2.14. The Morgan fingerprint density at radius 2 is 2.19 bits per heavy atom. The summed E-state index contributed by atoms with van der Waals surface area (Å²) in [4.78, 5) is 0. The summed E-state index contributed by atoms with van der Waals surface area (Å²) in [6.45, 7) is 0.319. The van der Waals surface area contributed by atoms with Crippen LogP contribution >= 0.6 is 11.6 Å². The zero-order valence-corrected chi connectivity index (χ0v) is 9.87. The summed E-state index contributed by atoms with van der Waals surface area (Å²) < 4.78 is 0. The Morgan fingerprint density at radius 3 is 2.94 bits per heavy atom. The summed E-state index contributed by atoms with van der Waals surface area (Å²) in [5, 5.41) is 10.4. The average Bonchev–Trinajstić information content (AvgIpc) is 2.29. The van der Waals surface area contributed by atoms with E-state index < -0.39 is 6.10 Å². The van der Waals surface area contributed by atoms with Crippen LogP contribution in [0, 0.1) is 0 Å². The molecule has 0 aromatic heterocycles. The van der Waals surface area contributed by atoms with Crippen molar-refractivity contribution >= 4 is 17.7 Å². The van der Waals surface area contributed by atoms with Crippen molar-refractivity contribution in [3.05, 3.63) is 39.9 Å². The number of nitrogens with two attached hydrogens (primary N) is 1. The molecule has 3 heteroatoms. The summed E-state index contributed by atoms with van der Waals surface area (Å²) >= 11 is 6.12. The van der Waals surface area contributed by atoms with Crippen molar-refractivity contribution in [3.8, 4) is 0 Å². The predicted octanol–water partition coefficient (Wildman–Crippen LogP) is 2.38. The SMILES string of the molecule is NCC(O)CC1=Cc2cccc(Cl)c2CC1. The van der Waals surface area contributed by atoms with Gasteiger partial charge in [0.15, 0.2) is 0 Å². The van der Waals surface area contributed by atoms with Gasteiger partial charge in [0.2, 0.25) is 0 Å². The van der Waals surface area contributed by atoms with E-state index >= 15 is 0 Å². The van der Waals surface area contributed by atoms with Crippen LogP contribution in [0.3, 0.4) is 0 Å². The van der Waals surface area contributed by atoms with Crippen molar-refractivity contribution in [1.29, 1.82) is 0 Å². The van der Waals surface area contributed by atoms with Crippen LogP contribution in [0.1, 0.15) is 24.0 Å². The van der Waals surface area contributed by atoms with E-state index in [0.717, 1.165) is 17.9 Å². The molecule has 1 aliphatic rings. The van der Waals surface area contributed by atoms with Crippen molar-refractivity contribution in [2.24, 2.45) is 5.73 Å². The standard InChI is InChI=1S/C13H16ClNO/c14-13-3-1-2-10-6-9(4-5-12(10)13)7-11(16)8-15/h1-3,6,11,16H,4-5,7-8,15H2. The minimum Gasteiger partial charge on any atom is -0.391 e. The molecule has 1 aromatic rings. The molecule has 0 spiro atoms. The number of fused-ring (bicyclic) bond motifs is 1. The molecule has 2 nitrogen and oxygen atoms in total. The highest BCUT2D eigenvalue weighted by molar-refractivity contribution is 6.31. The van der Waals surface area contributed by atoms with Gasteiger partial charge in [0.25, 0.3) is 0 Å². The fourth-order valence-electron chi connectivity index (χ4n) is 2.10. The monoisotopic (exact) mass is 237 g/mol. The molecule has 0 heterocycles. The third-order valence-electron chi connectivity index (χ3n) is 2.98. The van der Waals surface area contributed by atoms with Crippen LogP contribution in [0.4, 0.5) is 0 Å². The fraction of sp³-hybridized carbons (Fsp3) is 0.385. The molecular formula is C13H16ClNO. The maximum absolute atomic E-state index is 9.52. The lowest BCUT2D eigenvalue weighted by Gasteiger charge is -2.19. The van der Waals surface area contributed by atoms with Crippen LogP contribution in [0.5, 0.6) is 0 Å². The number of hydrogen-bond acceptors (Lipinski definition) is 2. The molecular weight excluding hydrogens is 222 g/mol. The number of aliphatic hydroxyl groups is 1. The largest absolute Gasteiger partial charge is 0.391 e. The predicted molar refractivity (Wildman–Crippen MR) is 67.4 cm³/mol. The second kappa shape index (κ2) is 5.00. The fourth-order valence-corrected chi connectivity index (χ4v) is 2.38. The van der Waals surface area contributed by atoms with Crippen molar-refractivity contribution in [2.75, 3.05) is 6.54 Å². The van der Waals surface area contributed by atoms with Crippen molar-refractivity contribution in [3.63, 3.8) is 0 Å². The Bertz CT molecular complexity index is 414. The van der Waals surface area contributed by atoms with Crippen LogP contribution < -0.4 is 5.73 Å². The van der Waals surface area contributed by atoms with Gasteiger partial charge in [0.1, 0.15) is 0 Å². The maximum Gasteiger partial charge on any atom is 0.0699 e. The zero-order valence-electron chi connectivity index (χ0n) is 9.12. The van der Waals surface area contributed by atoms with E-state index in [9.17, 15) is 5.11 Å². The summed E-state index contributed by atoms with van der Waals surface area (Å²) in [5.74, 6) is 0. The first-order valence-electron chi connectivity index (χ1n) is 5.55. The van der Waals surface area contributed by atoms with E-state index in [1.54, 1.807) is 0 Å². The first-order chi connectivity index (χ1) is 7.70. The molecule has 16 heavy (non-hydrogen) atoms. The average molecular weight is 238 g/mol. The Balaban J connectivity index is 2.21. The Kier molecular flexibility index (Phi) is 3.64. The third-order valence-corrected chi connectivity index (χ3v) is 3.33. The summed E-state index contributed by atoms with van der Waals surface area (Å²) in [5.41, 5.74) is 9.06. The molecule has 1 atom stereocenters. The third kappa shape index (κ3) is 2.46. The van der Waals surface area contributed by atoms with E-state index in [4.69, 9.17) is 17.3 Å². The van der Waals surface area contributed by atoms with Crippen LogP contribution in [0.2, 0.25) is 5.02 Å². The molecule has 0 radical (unpaired) electrons. The number of halogens is 1. The van der Waals surface area contributed by atoms with Gasteiger partial charge < -0.3 is 10.8 Å². The maximum atomic E-state index is 9.52. The summed E-state index contributed by atoms with van der Waals surface area (Å²) in [6.07, 6.45) is 4.30. The summed E-state index contributed by atoms with van der Waals surface area (Å²) in [7, 11) is 0. The van der Waals surface area contributed by atoms with Gasteiger partial charge in [-0.05, 0) is 36.5 Å². The molecule has 2 rings (SSSR count). The quantitative estimate of drug-likeness (QED) is 0.848. The minimum absolute atomic E-state index is 0.319. The lowest BCUT2D eigenvalue weighted by Crippen LogP contribution is -2.20. The van der Waals surface area contributed by atoms with Crippen LogP contribution in [0.25, 0.3) is 6.08 Å². The number of aliphatic hydroxyl groups excluding tert-OH is 1. The molecule has 86 valence electrons. The molecule has 0 saturated carbocycles. The molecule has 0 fully saturated rings. The van der Waals surface area contributed by atoms with Crippen molar-refractivity contribution < 1.29 is 5.11 Å². The number of rotatable bonds is 3. The van der Waals surface area contributed by atoms with Gasteiger partial charge in [-0.3, -0.25) is 0 Å². The molecule has 3 N–H and O–H groups in total. The molecule has 0 bridgehead atoms. The molecule has 1 aliphatic carbocycles. The van der Waals surface area contributed by atoms with Gasteiger partial charge in [-0.1, -0.05) is 35.4 Å². The van der Waals surface area contributed by atoms with Gasteiger partial charge in [-0.25, -0.2) is 0 Å². The lowest BCUT2D eigenvalue weighted by molar-refractivity contribution is 0.182. The van der Waals surface area contributed by atoms with Gasteiger partial charge in [0, 0.05) is 11.6 Å². The lowest BCUT2D eigenvalue weighted by atomic mass is 9.89. The van der Waals surface area contributed by atoms with Crippen LogP contribution in [0.15, 0.2) is 23.8 Å². The Labute approximate surface area is 101 Å². The van der Waals surface area contributed by atoms with E-state index in [-0.39, 0.29) is 0 Å². The van der Waals surface area contributed by atoms with E-state index in [1.807, 2.05) is 12.1 Å². The van der Waals surface area contributed by atoms with E-state index in [2.05, 4.69) is 12.1 Å². The minimum atomic E-state index is -0.424. The first-order valence-corrected chi connectivity index (χ1v) is 5.93. The molecule has 0 amide bonds. The highest BCUT2D eigenvalue weighted by atomic mass is 35.5. The van der Waals surface area contributed by atoms with Crippen molar-refractivity contribution in [2.45, 2.75) is 25.4 Å². The second-order valence-electron chi connectivity index (χ2n) is 4.20. The Hall–Kier alpha value is -0.830. The van der Waals surface area contributed by atoms with Gasteiger partial charge in [-0.2, -0.15) is 0 Å². The van der Waals surface area contributed by atoms with Crippen molar-refractivity contribution in [1.82, 2.24) is 0 Å². The summed E-state index contributed by atoms with van der Waals surface area (Å²) in [6, 6.07) is 5.95. The zero-order chi connectivity index (χ0) is 11.5. The van der Waals surface area contributed by atoms with E-state index in [0.29, 0.717) is 13.0 Å². The van der Waals surface area contributed by atoms with Crippen LogP contribution in [-0.2, 0) is 6.42 Å². The molecule has 1 aromatic carbocycles. The first kappa shape index (κ1) is 11.6. The van der Waals surface area contributed by atoms with E-state index in [1.165, 1.54) is 16.7 Å². The number of benzene rings is 1. The molecule has 0 aliphatic heterocycles. The number of hydrogen-bond donors (Lipinski definition) is 2. The molecule has 0 saturated heterocycles. The van der Waals surface area contributed by atoms with Gasteiger partial charge in [0.05, 0.1) is 6.10 Å². The van der Waals surface area contributed by atoms with Crippen LogP contribution in [-0.4, -0.2) is 17.8 Å². The Morgan fingerprint density at radius 1 is 1.38 bits per heavy atom. The smallest absolute Gasteiger partial charge is 0.0699 e. The topological polar surface area (TPSA) is 46.2 Å². The van der Waals surface area contributed by atoms with Gasteiger partial charge >= 0.3 is 0 Å². The second-order valence-corrected chi connectivity index (χ2v) is 4.61. The molecule has 1 unspecified atom stereocenters. The normalized spacial score (nSPS) is 16.6. The van der Waals surface area contributed by atoms with Gasteiger partial charge in [-0.15, -0.1) is 0 Å². The highest BCUT2D eigenvalue weighted by Crippen LogP contribution is 2.30.